The molecule has 0 spiro atoms. The minimum Gasteiger partial charge on any atom is -0.244 e. The number of nitrogens with zero attached hydrogens (tertiary/aromatic N) is 1. The summed E-state index contributed by atoms with van der Waals surface area (Å²) >= 11 is 5.89. The number of hydrogen-bond donors (Lipinski definition) is 0. The van der Waals surface area contributed by atoms with E-state index in [4.69, 9.17) is 11.6 Å². The molecular weight excluding hydrogens is 230 g/mol. The Morgan fingerprint density at radius 1 is 1.06 bits per heavy atom. The summed E-state index contributed by atoms with van der Waals surface area (Å²) in [6.45, 7) is 0. The molecule has 4 aliphatic carbocycles. The molecule has 0 aromatic carbocycles. The Balaban J connectivity index is 1.60. The number of pyridine rings is 1. The lowest BCUT2D eigenvalue weighted by Gasteiger charge is -2.30. The van der Waals surface area contributed by atoms with Crippen LogP contribution in [0, 0.1) is 35.5 Å². The van der Waals surface area contributed by atoms with Crippen LogP contribution < -0.4 is 0 Å². The van der Waals surface area contributed by atoms with E-state index in [9.17, 15) is 0 Å². The second-order valence-corrected chi connectivity index (χ2v) is 6.59. The third-order valence-corrected chi connectivity index (χ3v) is 5.82. The number of fused-ring (bicyclic) bond motifs is 5. The molecule has 2 bridgehead atoms. The monoisotopic (exact) mass is 243 g/mol. The molecule has 0 radical (unpaired) electrons. The highest BCUT2D eigenvalue weighted by molar-refractivity contribution is 6.29. The molecule has 0 aliphatic heterocycles. The fourth-order valence-corrected chi connectivity index (χ4v) is 4.99. The van der Waals surface area contributed by atoms with Gasteiger partial charge in [-0.15, -0.1) is 0 Å². The largest absolute Gasteiger partial charge is 0.244 e. The third kappa shape index (κ3) is 1.05. The van der Waals surface area contributed by atoms with Crippen molar-refractivity contribution >= 4 is 11.6 Å². The number of halogens is 1. The fourth-order valence-electron chi connectivity index (χ4n) is 4.88. The Labute approximate surface area is 106 Å². The van der Waals surface area contributed by atoms with Crippen LogP contribution in [0.2, 0.25) is 5.15 Å². The summed E-state index contributed by atoms with van der Waals surface area (Å²) < 4.78 is 0. The average Bonchev–Trinajstić information content (AvgIpc) is 3.20. The SMILES string of the molecule is Clc1ccc([C@@H]2C3C4C=C[C@H]2[C@@H]2C[C@@H]2[C@@H]43)cn1. The number of hydrogen-bond acceptors (Lipinski definition) is 1. The Bertz CT molecular complexity index is 520. The first-order valence-electron chi connectivity index (χ1n) is 6.64. The van der Waals surface area contributed by atoms with Gasteiger partial charge < -0.3 is 0 Å². The van der Waals surface area contributed by atoms with Crippen LogP contribution in [0.25, 0.3) is 0 Å². The number of rotatable bonds is 1. The molecule has 3 fully saturated rings. The van der Waals surface area contributed by atoms with E-state index in [0.717, 1.165) is 41.4 Å². The van der Waals surface area contributed by atoms with E-state index in [1.165, 1.54) is 12.0 Å². The van der Waals surface area contributed by atoms with Gasteiger partial charge in [-0.05, 0) is 59.5 Å². The van der Waals surface area contributed by atoms with Gasteiger partial charge in [-0.2, -0.15) is 0 Å². The van der Waals surface area contributed by atoms with Crippen molar-refractivity contribution in [1.82, 2.24) is 4.98 Å². The van der Waals surface area contributed by atoms with Gasteiger partial charge in [0, 0.05) is 6.20 Å². The van der Waals surface area contributed by atoms with Gasteiger partial charge in [0.15, 0.2) is 0 Å². The van der Waals surface area contributed by atoms with Crippen molar-refractivity contribution < 1.29 is 0 Å². The van der Waals surface area contributed by atoms with Crippen molar-refractivity contribution in [2.75, 3.05) is 0 Å². The first-order chi connectivity index (χ1) is 8.34. The highest BCUT2D eigenvalue weighted by Gasteiger charge is 2.70. The molecule has 2 heteroatoms. The zero-order valence-electron chi connectivity index (χ0n) is 9.46. The smallest absolute Gasteiger partial charge is 0.129 e. The van der Waals surface area contributed by atoms with Crippen LogP contribution >= 0.6 is 11.6 Å². The highest BCUT2D eigenvalue weighted by Crippen LogP contribution is 2.77. The molecule has 7 atom stereocenters. The molecule has 1 aromatic heterocycles. The predicted octanol–water partition coefficient (Wildman–Crippen LogP) is 3.52. The third-order valence-electron chi connectivity index (χ3n) is 5.59. The van der Waals surface area contributed by atoms with Crippen LogP contribution in [0.4, 0.5) is 0 Å². The van der Waals surface area contributed by atoms with Crippen molar-refractivity contribution in [1.29, 1.82) is 0 Å². The maximum absolute atomic E-state index is 5.89. The molecule has 3 saturated carbocycles. The first kappa shape index (κ1) is 9.16. The normalized spacial score (nSPS) is 51.9. The molecule has 0 saturated heterocycles. The Morgan fingerprint density at radius 3 is 2.76 bits per heavy atom. The summed E-state index contributed by atoms with van der Waals surface area (Å²) in [7, 11) is 0. The van der Waals surface area contributed by atoms with E-state index < -0.39 is 0 Å². The quantitative estimate of drug-likeness (QED) is 0.543. The molecule has 1 aromatic rings. The van der Waals surface area contributed by atoms with Gasteiger partial charge >= 0.3 is 0 Å². The van der Waals surface area contributed by atoms with Gasteiger partial charge in [0.05, 0.1) is 0 Å². The predicted molar refractivity (Wildman–Crippen MR) is 66.7 cm³/mol. The van der Waals surface area contributed by atoms with Crippen molar-refractivity contribution in [3.05, 3.63) is 41.2 Å². The van der Waals surface area contributed by atoms with E-state index in [-0.39, 0.29) is 0 Å². The van der Waals surface area contributed by atoms with Crippen LogP contribution in [-0.4, -0.2) is 4.98 Å². The molecule has 4 aliphatic rings. The lowest BCUT2D eigenvalue weighted by atomic mass is 9.74. The fraction of sp³-hybridized carbons (Fsp3) is 0.533. The maximum Gasteiger partial charge on any atom is 0.129 e. The molecule has 17 heavy (non-hydrogen) atoms. The molecule has 86 valence electrons. The van der Waals surface area contributed by atoms with E-state index in [1.807, 2.05) is 12.3 Å². The topological polar surface area (TPSA) is 12.9 Å². The van der Waals surface area contributed by atoms with E-state index >= 15 is 0 Å². The van der Waals surface area contributed by atoms with Crippen molar-refractivity contribution in [2.24, 2.45) is 35.5 Å². The zero-order valence-corrected chi connectivity index (χ0v) is 10.2. The summed E-state index contributed by atoms with van der Waals surface area (Å²) in [5, 5.41) is 0.613. The second-order valence-electron chi connectivity index (χ2n) is 6.20. The summed E-state index contributed by atoms with van der Waals surface area (Å²) in [6, 6.07) is 4.14. The number of aromatic nitrogens is 1. The Morgan fingerprint density at radius 2 is 1.94 bits per heavy atom. The minimum atomic E-state index is 0.613. The molecular formula is C15H14ClN. The summed E-state index contributed by atoms with van der Waals surface area (Å²) in [5.74, 6) is 6.42. The van der Waals surface area contributed by atoms with Gasteiger partial charge in [0.1, 0.15) is 5.15 Å². The number of allylic oxidation sites excluding steroid dienone is 2. The van der Waals surface area contributed by atoms with E-state index in [0.29, 0.717) is 5.15 Å². The van der Waals surface area contributed by atoms with E-state index in [2.05, 4.69) is 23.2 Å². The van der Waals surface area contributed by atoms with Crippen LogP contribution in [0.1, 0.15) is 17.9 Å². The van der Waals surface area contributed by atoms with Crippen molar-refractivity contribution in [2.45, 2.75) is 12.3 Å². The lowest BCUT2D eigenvalue weighted by Crippen LogP contribution is -2.22. The molecule has 0 N–H and O–H groups in total. The van der Waals surface area contributed by atoms with Gasteiger partial charge in [0.25, 0.3) is 0 Å². The molecule has 1 heterocycles. The summed E-state index contributed by atoms with van der Waals surface area (Å²) in [4.78, 5) is 4.27. The van der Waals surface area contributed by atoms with Crippen LogP contribution in [0.3, 0.4) is 0 Å². The van der Waals surface area contributed by atoms with Crippen LogP contribution in [0.5, 0.6) is 0 Å². The Kier molecular flexibility index (Phi) is 1.49. The standard InChI is InChI=1S/C15H14ClN/c16-12-4-1-7(6-17-12)13-8-2-3-9-14(15(9)13)11-5-10(8)11/h1-4,6,8-11,13-15H,5H2/t8-,9?,10-,11-,13-,14+,15?/m0/s1. The maximum atomic E-state index is 5.89. The van der Waals surface area contributed by atoms with Gasteiger partial charge in [-0.3, -0.25) is 0 Å². The average molecular weight is 244 g/mol. The lowest BCUT2D eigenvalue weighted by molar-refractivity contribution is 0.320. The highest BCUT2D eigenvalue weighted by atomic mass is 35.5. The molecule has 5 rings (SSSR count). The van der Waals surface area contributed by atoms with Gasteiger partial charge in [-0.1, -0.05) is 29.8 Å². The van der Waals surface area contributed by atoms with Crippen LogP contribution in [0.15, 0.2) is 30.5 Å². The van der Waals surface area contributed by atoms with Gasteiger partial charge in [-0.25, -0.2) is 4.98 Å². The van der Waals surface area contributed by atoms with Crippen LogP contribution in [-0.2, 0) is 0 Å². The van der Waals surface area contributed by atoms with Gasteiger partial charge in [0.2, 0.25) is 0 Å². The zero-order chi connectivity index (χ0) is 11.1. The molecule has 2 unspecified atom stereocenters. The summed E-state index contributed by atoms with van der Waals surface area (Å²) in [6.07, 6.45) is 8.52. The molecule has 1 nitrogen and oxygen atoms in total. The first-order valence-corrected chi connectivity index (χ1v) is 7.02. The molecule has 0 amide bonds. The van der Waals surface area contributed by atoms with E-state index in [1.54, 1.807) is 0 Å². The van der Waals surface area contributed by atoms with Crippen molar-refractivity contribution in [3.8, 4) is 0 Å². The van der Waals surface area contributed by atoms with Crippen molar-refractivity contribution in [3.63, 3.8) is 0 Å². The second kappa shape index (κ2) is 2.77. The minimum absolute atomic E-state index is 0.613. The summed E-state index contributed by atoms with van der Waals surface area (Å²) in [5.41, 5.74) is 1.42. The Hall–Kier alpha value is -0.820.